The maximum Gasteiger partial charge on any atom is 0.304 e. The molecule has 0 atom stereocenters. The van der Waals surface area contributed by atoms with Gasteiger partial charge in [-0.3, -0.25) is 9.69 Å². The molecule has 0 spiro atoms. The van der Waals surface area contributed by atoms with Crippen LogP contribution in [0.1, 0.15) is 43.0 Å². The van der Waals surface area contributed by atoms with Crippen molar-refractivity contribution >= 4 is 16.9 Å². The highest BCUT2D eigenvalue weighted by Gasteiger charge is 2.22. The van der Waals surface area contributed by atoms with Crippen molar-refractivity contribution < 1.29 is 14.4 Å². The van der Waals surface area contributed by atoms with E-state index in [4.69, 9.17) is 14.6 Å². The van der Waals surface area contributed by atoms with E-state index in [9.17, 15) is 4.79 Å². The van der Waals surface area contributed by atoms with Crippen molar-refractivity contribution in [2.24, 2.45) is 0 Å². The van der Waals surface area contributed by atoms with Crippen molar-refractivity contribution in [3.05, 3.63) is 59.3 Å². The minimum atomic E-state index is -0.753. The molecular formula is C26H28N4O3. The van der Waals surface area contributed by atoms with Gasteiger partial charge in [-0.2, -0.15) is 4.98 Å². The van der Waals surface area contributed by atoms with Crippen molar-refractivity contribution in [1.29, 1.82) is 0 Å². The molecule has 1 aliphatic rings. The highest BCUT2D eigenvalue weighted by Crippen LogP contribution is 2.32. The Hall–Kier alpha value is -3.45. The van der Waals surface area contributed by atoms with Crippen molar-refractivity contribution in [2.45, 2.75) is 46.2 Å². The molecule has 1 N–H and O–H groups in total. The van der Waals surface area contributed by atoms with Gasteiger partial charge in [0.1, 0.15) is 0 Å². The Labute approximate surface area is 192 Å². The van der Waals surface area contributed by atoms with Crippen molar-refractivity contribution in [3.63, 3.8) is 0 Å². The summed E-state index contributed by atoms with van der Waals surface area (Å²) in [4.78, 5) is 17.8. The Bertz CT molecular complexity index is 1330. The zero-order chi connectivity index (χ0) is 23.1. The second-order valence-electron chi connectivity index (χ2n) is 9.06. The van der Waals surface area contributed by atoms with Crippen LogP contribution in [0.25, 0.3) is 33.7 Å². The van der Waals surface area contributed by atoms with Crippen LogP contribution in [-0.2, 0) is 17.8 Å². The molecule has 0 amide bonds. The Balaban J connectivity index is 1.40. The van der Waals surface area contributed by atoms with E-state index in [2.05, 4.69) is 71.9 Å². The van der Waals surface area contributed by atoms with Gasteiger partial charge in [-0.15, -0.1) is 0 Å². The number of hydrogen-bond acceptors (Lipinski definition) is 5. The van der Waals surface area contributed by atoms with E-state index in [0.29, 0.717) is 24.3 Å². The van der Waals surface area contributed by atoms with Crippen LogP contribution >= 0.6 is 0 Å². The van der Waals surface area contributed by atoms with Gasteiger partial charge in [-0.1, -0.05) is 17.3 Å². The number of aliphatic carboxylic acids is 1. The summed E-state index contributed by atoms with van der Waals surface area (Å²) in [5, 5.41) is 14.4. The lowest BCUT2D eigenvalue weighted by Gasteiger charge is -2.29. The fourth-order valence-corrected chi connectivity index (χ4v) is 4.78. The molecular weight excluding hydrogens is 416 g/mol. The van der Waals surface area contributed by atoms with Crippen LogP contribution in [0, 0.1) is 6.92 Å². The van der Waals surface area contributed by atoms with Crippen molar-refractivity contribution in [3.8, 4) is 22.8 Å². The van der Waals surface area contributed by atoms with Gasteiger partial charge in [0.15, 0.2) is 0 Å². The first kappa shape index (κ1) is 21.4. The molecule has 4 aromatic rings. The third-order valence-corrected chi connectivity index (χ3v) is 6.60. The quantitative estimate of drug-likeness (QED) is 0.446. The van der Waals surface area contributed by atoms with Gasteiger partial charge in [0.25, 0.3) is 5.89 Å². The fourth-order valence-electron chi connectivity index (χ4n) is 4.78. The molecule has 2 aromatic heterocycles. The molecule has 7 nitrogen and oxygen atoms in total. The number of hydrogen-bond donors (Lipinski definition) is 1. The topological polar surface area (TPSA) is 84.4 Å². The summed E-state index contributed by atoms with van der Waals surface area (Å²) in [5.74, 6) is 0.358. The predicted octanol–water partition coefficient (Wildman–Crippen LogP) is 5.08. The molecule has 0 aliphatic carbocycles. The molecule has 0 unspecified atom stereocenters. The Morgan fingerprint density at radius 3 is 2.85 bits per heavy atom. The third kappa shape index (κ3) is 4.04. The van der Waals surface area contributed by atoms with Crippen LogP contribution in [0.15, 0.2) is 47.1 Å². The smallest absolute Gasteiger partial charge is 0.304 e. The zero-order valence-corrected chi connectivity index (χ0v) is 19.2. The van der Waals surface area contributed by atoms with Crippen LogP contribution in [0.5, 0.6) is 0 Å². The van der Waals surface area contributed by atoms with E-state index in [1.54, 1.807) is 0 Å². The number of nitrogens with zero attached hydrogens (tertiary/aromatic N) is 4. The zero-order valence-electron chi connectivity index (χ0n) is 19.2. The monoisotopic (exact) mass is 444 g/mol. The summed E-state index contributed by atoms with van der Waals surface area (Å²) in [6.07, 6.45) is 3.17. The van der Waals surface area contributed by atoms with Gasteiger partial charge in [0, 0.05) is 53.9 Å². The standard InChI is InChI=1S/C26H28N4O3/c1-16(2)30-13-8-18-14-19(5-7-23(18)30)26-27-25(28-33-26)22-6-4-20-15-29(12-10-24(31)32)11-9-21(20)17(22)3/h4-8,13-14,16H,9-12,15H2,1-3H3,(H,31,32). The van der Waals surface area contributed by atoms with Crippen LogP contribution in [0.3, 0.4) is 0 Å². The van der Waals surface area contributed by atoms with Crippen LogP contribution < -0.4 is 0 Å². The molecule has 0 saturated carbocycles. The van der Waals surface area contributed by atoms with Crippen LogP contribution in [0.4, 0.5) is 0 Å². The summed E-state index contributed by atoms with van der Waals surface area (Å²) < 4.78 is 7.89. The maximum atomic E-state index is 10.9. The molecule has 5 rings (SSSR count). The largest absolute Gasteiger partial charge is 0.481 e. The first-order valence-corrected chi connectivity index (χ1v) is 11.4. The molecule has 0 fully saturated rings. The number of aromatic nitrogens is 3. The Morgan fingerprint density at radius 1 is 1.21 bits per heavy atom. The predicted molar refractivity (Wildman–Crippen MR) is 127 cm³/mol. The van der Waals surface area contributed by atoms with Crippen LogP contribution in [-0.4, -0.2) is 43.8 Å². The fraction of sp³-hybridized carbons (Fsp3) is 0.346. The normalized spacial score (nSPS) is 14.2. The molecule has 1 aliphatic heterocycles. The van der Waals surface area contributed by atoms with Gasteiger partial charge in [-0.25, -0.2) is 0 Å². The second-order valence-corrected chi connectivity index (χ2v) is 9.06. The molecule has 3 heterocycles. The van der Waals surface area contributed by atoms with Gasteiger partial charge < -0.3 is 14.2 Å². The minimum absolute atomic E-state index is 0.173. The average Bonchev–Trinajstić information content (AvgIpc) is 3.45. The third-order valence-electron chi connectivity index (χ3n) is 6.60. The van der Waals surface area contributed by atoms with E-state index in [-0.39, 0.29) is 6.42 Å². The molecule has 0 saturated heterocycles. The molecule has 7 heteroatoms. The highest BCUT2D eigenvalue weighted by molar-refractivity contribution is 5.84. The highest BCUT2D eigenvalue weighted by atomic mass is 16.5. The van der Waals surface area contributed by atoms with Gasteiger partial charge >= 0.3 is 5.97 Å². The number of fused-ring (bicyclic) bond motifs is 2. The van der Waals surface area contributed by atoms with Crippen molar-refractivity contribution in [2.75, 3.05) is 13.1 Å². The Morgan fingerprint density at radius 2 is 2.06 bits per heavy atom. The van der Waals surface area contributed by atoms with E-state index in [1.807, 2.05) is 6.07 Å². The van der Waals surface area contributed by atoms with Gasteiger partial charge in [-0.05, 0) is 68.1 Å². The number of carboxylic acid groups (broad SMARTS) is 1. The van der Waals surface area contributed by atoms with E-state index in [0.717, 1.165) is 36.0 Å². The van der Waals surface area contributed by atoms with Crippen molar-refractivity contribution in [1.82, 2.24) is 19.6 Å². The van der Waals surface area contributed by atoms with Gasteiger partial charge in [0.2, 0.25) is 5.82 Å². The lowest BCUT2D eigenvalue weighted by molar-refractivity contribution is -0.137. The maximum absolute atomic E-state index is 10.9. The lowest BCUT2D eigenvalue weighted by Crippen LogP contribution is -2.32. The molecule has 170 valence electrons. The SMILES string of the molecule is Cc1c(-c2noc(-c3ccc4c(ccn4C(C)C)c3)n2)ccc2c1CCN(CCC(=O)O)C2. The first-order valence-electron chi connectivity index (χ1n) is 11.4. The second kappa shape index (κ2) is 8.48. The number of carboxylic acids is 1. The summed E-state index contributed by atoms with van der Waals surface area (Å²) in [5.41, 5.74) is 6.81. The minimum Gasteiger partial charge on any atom is -0.481 e. The lowest BCUT2D eigenvalue weighted by atomic mass is 9.91. The summed E-state index contributed by atoms with van der Waals surface area (Å²) >= 11 is 0. The molecule has 0 bridgehead atoms. The first-order chi connectivity index (χ1) is 15.9. The van der Waals surface area contributed by atoms with E-state index >= 15 is 0 Å². The molecule has 2 aromatic carbocycles. The Kier molecular flexibility index (Phi) is 5.50. The van der Waals surface area contributed by atoms with E-state index in [1.165, 1.54) is 22.2 Å². The van der Waals surface area contributed by atoms with E-state index < -0.39 is 5.97 Å². The average molecular weight is 445 g/mol. The summed E-state index contributed by atoms with van der Waals surface area (Å²) in [6, 6.07) is 12.9. The number of benzene rings is 2. The van der Waals surface area contributed by atoms with Crippen LogP contribution in [0.2, 0.25) is 0 Å². The molecule has 33 heavy (non-hydrogen) atoms. The summed E-state index contributed by atoms with van der Waals surface area (Å²) in [6.45, 7) is 8.67. The number of rotatable bonds is 6. The molecule has 0 radical (unpaired) electrons. The summed E-state index contributed by atoms with van der Waals surface area (Å²) in [7, 11) is 0. The van der Waals surface area contributed by atoms with Gasteiger partial charge in [0.05, 0.1) is 6.42 Å². The number of carbonyl (C=O) groups is 1.